The molecule has 2 heterocycles. The maximum Gasteiger partial charge on any atom is 0.257 e. The lowest BCUT2D eigenvalue weighted by Gasteiger charge is -2.16. The lowest BCUT2D eigenvalue weighted by molar-refractivity contribution is 0.0786. The molecule has 0 fully saturated rings. The molecule has 0 N–H and O–H groups in total. The number of carbonyl (C=O) groups is 1. The first-order valence-electron chi connectivity index (χ1n) is 5.18. The Morgan fingerprint density at radius 2 is 2.17 bits per heavy atom. The average Bonchev–Trinajstić information content (AvgIpc) is 2.81. The minimum atomic E-state index is -0.169. The highest BCUT2D eigenvalue weighted by Crippen LogP contribution is 2.19. The SMILES string of the molecule is CN(Cc1cccs1)C(=O)c1ccc(Cl)nc1Cl. The van der Waals surface area contributed by atoms with Gasteiger partial charge in [0.2, 0.25) is 0 Å². The van der Waals surface area contributed by atoms with Gasteiger partial charge in [0.15, 0.2) is 0 Å². The minimum Gasteiger partial charge on any atom is -0.336 e. The molecular formula is C12H10Cl2N2OS. The molecule has 0 atom stereocenters. The van der Waals surface area contributed by atoms with Crippen molar-refractivity contribution in [3.8, 4) is 0 Å². The molecule has 0 saturated heterocycles. The van der Waals surface area contributed by atoms with Gasteiger partial charge in [-0.3, -0.25) is 4.79 Å². The van der Waals surface area contributed by atoms with Crippen molar-refractivity contribution in [2.24, 2.45) is 0 Å². The molecule has 0 unspecified atom stereocenters. The van der Waals surface area contributed by atoms with Crippen molar-refractivity contribution in [3.05, 3.63) is 50.4 Å². The van der Waals surface area contributed by atoms with Crippen LogP contribution >= 0.6 is 34.5 Å². The molecule has 2 rings (SSSR count). The number of amides is 1. The van der Waals surface area contributed by atoms with Crippen LogP contribution in [0.5, 0.6) is 0 Å². The van der Waals surface area contributed by atoms with Gasteiger partial charge in [0.05, 0.1) is 12.1 Å². The Bertz CT molecular complexity index is 557. The van der Waals surface area contributed by atoms with E-state index in [1.807, 2.05) is 17.5 Å². The van der Waals surface area contributed by atoms with Crippen LogP contribution in [0.1, 0.15) is 15.2 Å². The van der Waals surface area contributed by atoms with Crippen molar-refractivity contribution in [2.75, 3.05) is 7.05 Å². The normalized spacial score (nSPS) is 10.4. The highest BCUT2D eigenvalue weighted by Gasteiger charge is 2.16. The summed E-state index contributed by atoms with van der Waals surface area (Å²) in [5.41, 5.74) is 0.361. The van der Waals surface area contributed by atoms with Crippen LogP contribution in [0.25, 0.3) is 0 Å². The third-order valence-corrected chi connectivity index (χ3v) is 3.72. The van der Waals surface area contributed by atoms with Crippen LogP contribution in [0.4, 0.5) is 0 Å². The number of pyridine rings is 1. The Kier molecular flexibility index (Phi) is 4.22. The predicted molar refractivity (Wildman–Crippen MR) is 74.4 cm³/mol. The number of carbonyl (C=O) groups excluding carboxylic acids is 1. The minimum absolute atomic E-state index is 0.130. The summed E-state index contributed by atoms with van der Waals surface area (Å²) in [6, 6.07) is 7.08. The summed E-state index contributed by atoms with van der Waals surface area (Å²) in [4.78, 5) is 18.7. The molecule has 0 spiro atoms. The maximum atomic E-state index is 12.2. The van der Waals surface area contributed by atoms with E-state index in [-0.39, 0.29) is 16.2 Å². The number of rotatable bonds is 3. The van der Waals surface area contributed by atoms with Gasteiger partial charge in [-0.25, -0.2) is 4.98 Å². The number of nitrogens with zero attached hydrogens (tertiary/aromatic N) is 2. The molecule has 0 radical (unpaired) electrons. The van der Waals surface area contributed by atoms with E-state index in [1.54, 1.807) is 35.4 Å². The summed E-state index contributed by atoms with van der Waals surface area (Å²) >= 11 is 13.2. The fourth-order valence-electron chi connectivity index (χ4n) is 1.49. The second-order valence-corrected chi connectivity index (χ2v) is 5.49. The number of thiophene rings is 1. The molecule has 2 aromatic heterocycles. The van der Waals surface area contributed by atoms with E-state index in [2.05, 4.69) is 4.98 Å². The summed E-state index contributed by atoms with van der Waals surface area (Å²) < 4.78 is 0. The van der Waals surface area contributed by atoms with Crippen LogP contribution in [0.2, 0.25) is 10.3 Å². The summed E-state index contributed by atoms with van der Waals surface area (Å²) in [5, 5.41) is 2.38. The molecule has 3 nitrogen and oxygen atoms in total. The highest BCUT2D eigenvalue weighted by atomic mass is 35.5. The van der Waals surface area contributed by atoms with Crippen LogP contribution in [-0.4, -0.2) is 22.8 Å². The number of halogens is 2. The lowest BCUT2D eigenvalue weighted by Crippen LogP contribution is -2.26. The second-order valence-electron chi connectivity index (χ2n) is 3.71. The third kappa shape index (κ3) is 3.02. The quantitative estimate of drug-likeness (QED) is 0.809. The van der Waals surface area contributed by atoms with E-state index in [1.165, 1.54) is 0 Å². The molecule has 6 heteroatoms. The number of hydrogen-bond donors (Lipinski definition) is 0. The van der Waals surface area contributed by atoms with Gasteiger partial charge in [-0.05, 0) is 23.6 Å². The van der Waals surface area contributed by atoms with Gasteiger partial charge < -0.3 is 4.90 Å². The van der Waals surface area contributed by atoms with Crippen molar-refractivity contribution in [2.45, 2.75) is 6.54 Å². The summed E-state index contributed by atoms with van der Waals surface area (Å²) in [7, 11) is 1.73. The van der Waals surface area contributed by atoms with Crippen molar-refractivity contribution in [1.82, 2.24) is 9.88 Å². The highest BCUT2D eigenvalue weighted by molar-refractivity contribution is 7.09. The zero-order chi connectivity index (χ0) is 13.1. The molecule has 0 aromatic carbocycles. The van der Waals surface area contributed by atoms with Gasteiger partial charge in [0, 0.05) is 11.9 Å². The van der Waals surface area contributed by atoms with E-state index in [9.17, 15) is 4.79 Å². The zero-order valence-corrected chi connectivity index (χ0v) is 11.9. The summed E-state index contributed by atoms with van der Waals surface area (Å²) in [6.07, 6.45) is 0. The summed E-state index contributed by atoms with van der Waals surface area (Å²) in [6.45, 7) is 0.551. The Labute approximate surface area is 119 Å². The van der Waals surface area contributed by atoms with E-state index >= 15 is 0 Å². The first kappa shape index (κ1) is 13.3. The molecular weight excluding hydrogens is 291 g/mol. The molecule has 0 aliphatic carbocycles. The molecule has 0 aliphatic heterocycles. The molecule has 94 valence electrons. The Balaban J connectivity index is 2.15. The monoisotopic (exact) mass is 300 g/mol. The largest absolute Gasteiger partial charge is 0.336 e. The maximum absolute atomic E-state index is 12.2. The lowest BCUT2D eigenvalue weighted by atomic mass is 10.2. The van der Waals surface area contributed by atoms with Gasteiger partial charge in [0.25, 0.3) is 5.91 Å². The molecule has 18 heavy (non-hydrogen) atoms. The van der Waals surface area contributed by atoms with E-state index in [4.69, 9.17) is 23.2 Å². The van der Waals surface area contributed by atoms with E-state index in [0.717, 1.165) is 4.88 Å². The fraction of sp³-hybridized carbons (Fsp3) is 0.167. The first-order valence-corrected chi connectivity index (χ1v) is 6.81. The Morgan fingerprint density at radius 3 is 2.78 bits per heavy atom. The van der Waals surface area contributed by atoms with Gasteiger partial charge >= 0.3 is 0 Å². The Morgan fingerprint density at radius 1 is 1.39 bits per heavy atom. The van der Waals surface area contributed by atoms with Gasteiger partial charge in [-0.15, -0.1) is 11.3 Å². The number of aromatic nitrogens is 1. The van der Waals surface area contributed by atoms with Crippen LogP contribution in [0.3, 0.4) is 0 Å². The van der Waals surface area contributed by atoms with E-state index in [0.29, 0.717) is 12.1 Å². The topological polar surface area (TPSA) is 33.2 Å². The molecule has 0 bridgehead atoms. The Hall–Kier alpha value is -1.10. The molecule has 2 aromatic rings. The fourth-order valence-corrected chi connectivity index (χ4v) is 2.67. The van der Waals surface area contributed by atoms with Crippen LogP contribution < -0.4 is 0 Å². The first-order chi connectivity index (χ1) is 8.58. The second kappa shape index (κ2) is 5.69. The van der Waals surface area contributed by atoms with Crippen LogP contribution in [0.15, 0.2) is 29.6 Å². The van der Waals surface area contributed by atoms with Crippen molar-refractivity contribution < 1.29 is 4.79 Å². The van der Waals surface area contributed by atoms with Gasteiger partial charge in [0.1, 0.15) is 10.3 Å². The van der Waals surface area contributed by atoms with Crippen LogP contribution in [0, 0.1) is 0 Å². The van der Waals surface area contributed by atoms with Crippen molar-refractivity contribution in [3.63, 3.8) is 0 Å². The van der Waals surface area contributed by atoms with Gasteiger partial charge in [-0.1, -0.05) is 29.3 Å². The average molecular weight is 301 g/mol. The number of hydrogen-bond acceptors (Lipinski definition) is 3. The summed E-state index contributed by atoms with van der Waals surface area (Å²) in [5.74, 6) is -0.169. The standard InChI is InChI=1S/C12H10Cl2N2OS/c1-16(7-8-3-2-6-18-8)12(17)9-4-5-10(13)15-11(9)14/h2-6H,7H2,1H3. The smallest absolute Gasteiger partial charge is 0.257 e. The van der Waals surface area contributed by atoms with Gasteiger partial charge in [-0.2, -0.15) is 0 Å². The third-order valence-electron chi connectivity index (χ3n) is 2.36. The predicted octanol–water partition coefficient (Wildman–Crippen LogP) is 3.72. The van der Waals surface area contributed by atoms with E-state index < -0.39 is 0 Å². The van der Waals surface area contributed by atoms with Crippen molar-refractivity contribution >= 4 is 40.4 Å². The molecule has 1 amide bonds. The molecule has 0 aliphatic rings. The zero-order valence-electron chi connectivity index (χ0n) is 9.56. The van der Waals surface area contributed by atoms with Crippen LogP contribution in [-0.2, 0) is 6.54 Å². The van der Waals surface area contributed by atoms with Crippen molar-refractivity contribution in [1.29, 1.82) is 0 Å². The molecule has 0 saturated carbocycles.